The summed E-state index contributed by atoms with van der Waals surface area (Å²) < 4.78 is 4.86. The molecular formula is C9H17N3O2. The summed E-state index contributed by atoms with van der Waals surface area (Å²) in [4.78, 5) is 15.5. The fourth-order valence-corrected chi connectivity index (χ4v) is 1.25. The van der Waals surface area contributed by atoms with Crippen molar-refractivity contribution in [1.82, 2.24) is 10.6 Å². The van der Waals surface area contributed by atoms with Crippen molar-refractivity contribution in [1.29, 1.82) is 0 Å². The molecule has 80 valence electrons. The van der Waals surface area contributed by atoms with Gasteiger partial charge >= 0.3 is 0 Å². The standard InChI is InChI=1S/C9H17N3O2/c1-6(2)7-8(13)12-9(11-7)10-4-5-14-3/h6-7H,4-5H2,1-3H3,(H2,10,11,12,13). The molecule has 14 heavy (non-hydrogen) atoms. The Morgan fingerprint density at radius 3 is 2.79 bits per heavy atom. The number of amides is 1. The van der Waals surface area contributed by atoms with E-state index in [1.165, 1.54) is 0 Å². The lowest BCUT2D eigenvalue weighted by atomic mass is 10.1. The van der Waals surface area contributed by atoms with Crippen LogP contribution in [0.15, 0.2) is 4.99 Å². The first-order valence-electron chi connectivity index (χ1n) is 4.76. The Morgan fingerprint density at radius 2 is 2.29 bits per heavy atom. The largest absolute Gasteiger partial charge is 0.383 e. The summed E-state index contributed by atoms with van der Waals surface area (Å²) in [7, 11) is 1.62. The summed E-state index contributed by atoms with van der Waals surface area (Å²) in [5.74, 6) is 0.826. The molecule has 1 heterocycles. The first kappa shape index (κ1) is 11.0. The molecule has 1 rings (SSSR count). The van der Waals surface area contributed by atoms with Crippen LogP contribution in [0.4, 0.5) is 0 Å². The maximum atomic E-state index is 11.4. The summed E-state index contributed by atoms with van der Waals surface area (Å²) in [6, 6.07) is -0.156. The summed E-state index contributed by atoms with van der Waals surface area (Å²) in [5, 5.41) is 5.72. The van der Waals surface area contributed by atoms with E-state index in [0.717, 1.165) is 0 Å². The van der Waals surface area contributed by atoms with Crippen molar-refractivity contribution < 1.29 is 9.53 Å². The van der Waals surface area contributed by atoms with Crippen LogP contribution in [0.2, 0.25) is 0 Å². The van der Waals surface area contributed by atoms with E-state index in [9.17, 15) is 4.79 Å². The number of rotatable bonds is 4. The molecule has 1 saturated heterocycles. The van der Waals surface area contributed by atoms with Crippen molar-refractivity contribution in [2.24, 2.45) is 10.9 Å². The SMILES string of the molecule is COCCN=C1NC(=O)C(C(C)C)N1. The van der Waals surface area contributed by atoms with Crippen LogP contribution in [-0.4, -0.2) is 38.2 Å². The molecule has 1 fully saturated rings. The van der Waals surface area contributed by atoms with Gasteiger partial charge in [-0.3, -0.25) is 15.1 Å². The molecule has 1 aliphatic rings. The Bertz CT molecular complexity index is 238. The van der Waals surface area contributed by atoms with Crippen molar-refractivity contribution in [2.45, 2.75) is 19.9 Å². The molecule has 1 unspecified atom stereocenters. The van der Waals surface area contributed by atoms with Crippen LogP contribution in [0.5, 0.6) is 0 Å². The van der Waals surface area contributed by atoms with Gasteiger partial charge in [0.1, 0.15) is 6.04 Å². The van der Waals surface area contributed by atoms with Crippen molar-refractivity contribution in [3.63, 3.8) is 0 Å². The minimum atomic E-state index is -0.156. The van der Waals surface area contributed by atoms with Gasteiger partial charge in [-0.25, -0.2) is 0 Å². The number of hydrogen-bond donors (Lipinski definition) is 2. The van der Waals surface area contributed by atoms with Crippen LogP contribution < -0.4 is 10.6 Å². The number of nitrogens with zero attached hydrogens (tertiary/aromatic N) is 1. The average molecular weight is 199 g/mol. The maximum absolute atomic E-state index is 11.4. The summed E-state index contributed by atoms with van der Waals surface area (Å²) in [6.45, 7) is 5.11. The van der Waals surface area contributed by atoms with Gasteiger partial charge in [-0.05, 0) is 5.92 Å². The van der Waals surface area contributed by atoms with Crippen molar-refractivity contribution >= 4 is 11.9 Å². The summed E-state index contributed by atoms with van der Waals surface area (Å²) >= 11 is 0. The fourth-order valence-electron chi connectivity index (χ4n) is 1.25. The normalized spacial score (nSPS) is 24.1. The molecule has 1 aliphatic heterocycles. The van der Waals surface area contributed by atoms with Crippen LogP contribution in [0, 0.1) is 5.92 Å². The average Bonchev–Trinajstić information content (AvgIpc) is 2.47. The molecular weight excluding hydrogens is 182 g/mol. The molecule has 0 bridgehead atoms. The third kappa shape index (κ3) is 2.70. The highest BCUT2D eigenvalue weighted by Crippen LogP contribution is 2.05. The first-order chi connectivity index (χ1) is 6.65. The monoisotopic (exact) mass is 199 g/mol. The number of carbonyl (C=O) groups excluding carboxylic acids is 1. The fraction of sp³-hybridized carbons (Fsp3) is 0.778. The minimum absolute atomic E-state index is 0.00355. The second kappa shape index (κ2) is 4.95. The van der Waals surface area contributed by atoms with Crippen LogP contribution in [0.1, 0.15) is 13.8 Å². The number of carbonyl (C=O) groups is 1. The van der Waals surface area contributed by atoms with E-state index in [-0.39, 0.29) is 17.9 Å². The van der Waals surface area contributed by atoms with Crippen molar-refractivity contribution in [3.8, 4) is 0 Å². The number of methoxy groups -OCH3 is 1. The molecule has 5 heteroatoms. The Hall–Kier alpha value is -1.10. The van der Waals surface area contributed by atoms with Crippen LogP contribution in [0.3, 0.4) is 0 Å². The predicted octanol–water partition coefficient (Wildman–Crippen LogP) is -0.267. The zero-order valence-electron chi connectivity index (χ0n) is 8.83. The van der Waals surface area contributed by atoms with Gasteiger partial charge in [0.2, 0.25) is 5.91 Å². The number of nitrogens with one attached hydrogen (secondary N) is 2. The van der Waals surface area contributed by atoms with Crippen LogP contribution in [0.25, 0.3) is 0 Å². The lowest BCUT2D eigenvalue weighted by Crippen LogP contribution is -2.34. The highest BCUT2D eigenvalue weighted by atomic mass is 16.5. The second-order valence-electron chi connectivity index (χ2n) is 3.58. The molecule has 1 amide bonds. The van der Waals surface area contributed by atoms with Gasteiger partial charge in [0.25, 0.3) is 0 Å². The molecule has 0 aromatic rings. The third-order valence-electron chi connectivity index (χ3n) is 2.05. The Labute approximate surface area is 83.9 Å². The number of guanidine groups is 1. The van der Waals surface area contributed by atoms with Gasteiger partial charge in [-0.1, -0.05) is 13.8 Å². The quantitative estimate of drug-likeness (QED) is 0.613. The second-order valence-corrected chi connectivity index (χ2v) is 3.58. The molecule has 0 aromatic carbocycles. The van der Waals surface area contributed by atoms with E-state index < -0.39 is 0 Å². The Kier molecular flexibility index (Phi) is 3.88. The Morgan fingerprint density at radius 1 is 1.57 bits per heavy atom. The van der Waals surface area contributed by atoms with Gasteiger partial charge in [-0.2, -0.15) is 0 Å². The van der Waals surface area contributed by atoms with E-state index in [4.69, 9.17) is 4.74 Å². The molecule has 2 N–H and O–H groups in total. The van der Waals surface area contributed by atoms with E-state index in [1.54, 1.807) is 7.11 Å². The van der Waals surface area contributed by atoms with Crippen LogP contribution >= 0.6 is 0 Å². The van der Waals surface area contributed by atoms with Gasteiger partial charge in [0.05, 0.1) is 13.2 Å². The lowest BCUT2D eigenvalue weighted by Gasteiger charge is -2.10. The number of hydrogen-bond acceptors (Lipinski definition) is 3. The highest BCUT2D eigenvalue weighted by Gasteiger charge is 2.30. The zero-order valence-corrected chi connectivity index (χ0v) is 8.83. The smallest absolute Gasteiger partial charge is 0.249 e. The van der Waals surface area contributed by atoms with Crippen molar-refractivity contribution in [3.05, 3.63) is 0 Å². The Balaban J connectivity index is 2.46. The zero-order chi connectivity index (χ0) is 10.6. The van der Waals surface area contributed by atoms with E-state index in [1.807, 2.05) is 13.8 Å². The molecule has 5 nitrogen and oxygen atoms in total. The van der Waals surface area contributed by atoms with E-state index >= 15 is 0 Å². The van der Waals surface area contributed by atoms with Crippen molar-refractivity contribution in [2.75, 3.05) is 20.3 Å². The summed E-state index contributed by atoms with van der Waals surface area (Å²) in [6.07, 6.45) is 0. The molecule has 0 spiro atoms. The predicted molar refractivity (Wildman–Crippen MR) is 54.1 cm³/mol. The lowest BCUT2D eigenvalue weighted by molar-refractivity contribution is -0.120. The first-order valence-corrected chi connectivity index (χ1v) is 4.76. The highest BCUT2D eigenvalue weighted by molar-refractivity contribution is 6.06. The third-order valence-corrected chi connectivity index (χ3v) is 2.05. The van der Waals surface area contributed by atoms with E-state index in [2.05, 4.69) is 15.6 Å². The topological polar surface area (TPSA) is 62.7 Å². The van der Waals surface area contributed by atoms with Crippen LogP contribution in [-0.2, 0) is 9.53 Å². The molecule has 1 atom stereocenters. The minimum Gasteiger partial charge on any atom is -0.383 e. The molecule has 0 aromatic heterocycles. The number of ether oxygens (including phenoxy) is 1. The molecule has 0 radical (unpaired) electrons. The van der Waals surface area contributed by atoms with Gasteiger partial charge in [0, 0.05) is 7.11 Å². The van der Waals surface area contributed by atoms with Gasteiger partial charge in [-0.15, -0.1) is 0 Å². The van der Waals surface area contributed by atoms with E-state index in [0.29, 0.717) is 19.1 Å². The molecule has 0 saturated carbocycles. The number of aliphatic imine (C=N–C) groups is 1. The molecule has 0 aliphatic carbocycles. The van der Waals surface area contributed by atoms with Gasteiger partial charge < -0.3 is 10.1 Å². The maximum Gasteiger partial charge on any atom is 0.249 e. The van der Waals surface area contributed by atoms with Gasteiger partial charge in [0.15, 0.2) is 5.96 Å². The summed E-state index contributed by atoms with van der Waals surface area (Å²) in [5.41, 5.74) is 0.